The van der Waals surface area contributed by atoms with Gasteiger partial charge in [0.05, 0.1) is 6.33 Å². The van der Waals surface area contributed by atoms with Crippen molar-refractivity contribution in [3.63, 3.8) is 0 Å². The third kappa shape index (κ3) is 2.46. The normalized spacial score (nSPS) is 17.2. The van der Waals surface area contributed by atoms with Gasteiger partial charge in [-0.25, -0.2) is 13.8 Å². The molecule has 3 nitrogen and oxygen atoms in total. The van der Waals surface area contributed by atoms with Crippen LogP contribution in [0.25, 0.3) is 0 Å². The summed E-state index contributed by atoms with van der Waals surface area (Å²) in [6.45, 7) is 0.606. The van der Waals surface area contributed by atoms with Crippen LogP contribution in [0.5, 0.6) is 0 Å². The Labute approximate surface area is 92.1 Å². The quantitative estimate of drug-likeness (QED) is 0.796. The summed E-state index contributed by atoms with van der Waals surface area (Å²) in [6, 6.07) is 0.930. The molecule has 0 aliphatic heterocycles. The van der Waals surface area contributed by atoms with Gasteiger partial charge in [-0.3, -0.25) is 9.36 Å². The van der Waals surface area contributed by atoms with Gasteiger partial charge in [0.2, 0.25) is 0 Å². The van der Waals surface area contributed by atoms with Crippen LogP contribution in [0.1, 0.15) is 37.8 Å². The summed E-state index contributed by atoms with van der Waals surface area (Å²) in [5, 5.41) is 0. The smallest absolute Gasteiger partial charge is 0.280 e. The van der Waals surface area contributed by atoms with Gasteiger partial charge >= 0.3 is 0 Å². The van der Waals surface area contributed by atoms with Gasteiger partial charge in [0.25, 0.3) is 12.0 Å². The Kier molecular flexibility index (Phi) is 3.31. The molecule has 0 saturated heterocycles. The molecule has 0 amide bonds. The molecular weight excluding hydrogens is 214 g/mol. The fraction of sp³-hybridized carbons (Fsp3) is 0.636. The van der Waals surface area contributed by atoms with Gasteiger partial charge in [0.1, 0.15) is 5.69 Å². The summed E-state index contributed by atoms with van der Waals surface area (Å²) in [7, 11) is 0. The standard InChI is InChI=1S/C11H14F2N2O/c12-11(13)9-5-10(16)15(7-14-9)6-8-3-1-2-4-8/h5,7-8,11H,1-4,6H2. The number of hydrogen-bond acceptors (Lipinski definition) is 2. The lowest BCUT2D eigenvalue weighted by Crippen LogP contribution is -2.23. The topological polar surface area (TPSA) is 34.9 Å². The van der Waals surface area contributed by atoms with Crippen LogP contribution in [-0.2, 0) is 6.54 Å². The van der Waals surface area contributed by atoms with Crippen LogP contribution in [0.15, 0.2) is 17.2 Å². The molecule has 1 fully saturated rings. The molecule has 1 aromatic rings. The molecule has 0 N–H and O–H groups in total. The highest BCUT2D eigenvalue weighted by Gasteiger charge is 2.17. The number of aromatic nitrogens is 2. The molecule has 0 bridgehead atoms. The van der Waals surface area contributed by atoms with Gasteiger partial charge in [0, 0.05) is 12.6 Å². The van der Waals surface area contributed by atoms with Crippen LogP contribution < -0.4 is 5.56 Å². The van der Waals surface area contributed by atoms with Crippen LogP contribution >= 0.6 is 0 Å². The lowest BCUT2D eigenvalue weighted by atomic mass is 10.1. The average Bonchev–Trinajstić information content (AvgIpc) is 2.73. The Morgan fingerprint density at radius 3 is 2.69 bits per heavy atom. The summed E-state index contributed by atoms with van der Waals surface area (Å²) in [4.78, 5) is 15.1. The van der Waals surface area contributed by atoms with Crippen molar-refractivity contribution in [3.05, 3.63) is 28.4 Å². The van der Waals surface area contributed by atoms with E-state index in [0.29, 0.717) is 12.5 Å². The number of nitrogens with zero attached hydrogens (tertiary/aromatic N) is 2. The minimum absolute atomic E-state index is 0.378. The van der Waals surface area contributed by atoms with E-state index in [1.54, 1.807) is 0 Å². The largest absolute Gasteiger partial charge is 0.299 e. The Hall–Kier alpha value is -1.26. The number of hydrogen-bond donors (Lipinski definition) is 0. The van der Waals surface area contributed by atoms with E-state index in [1.165, 1.54) is 23.7 Å². The van der Waals surface area contributed by atoms with E-state index in [1.807, 2.05) is 0 Å². The first kappa shape index (κ1) is 11.2. The van der Waals surface area contributed by atoms with E-state index in [2.05, 4.69) is 4.98 Å². The molecule has 5 heteroatoms. The van der Waals surface area contributed by atoms with Gasteiger partial charge < -0.3 is 0 Å². The van der Waals surface area contributed by atoms with E-state index in [0.717, 1.165) is 18.9 Å². The zero-order valence-electron chi connectivity index (χ0n) is 8.90. The predicted octanol–water partition coefficient (Wildman–Crippen LogP) is 2.37. The van der Waals surface area contributed by atoms with E-state index in [-0.39, 0.29) is 5.56 Å². The zero-order valence-corrected chi connectivity index (χ0v) is 8.90. The minimum atomic E-state index is -2.67. The molecular formula is C11H14F2N2O. The van der Waals surface area contributed by atoms with Crippen LogP contribution in [0, 0.1) is 5.92 Å². The van der Waals surface area contributed by atoms with Gasteiger partial charge in [-0.15, -0.1) is 0 Å². The molecule has 88 valence electrons. The molecule has 1 heterocycles. The molecule has 0 unspecified atom stereocenters. The van der Waals surface area contributed by atoms with Gasteiger partial charge in [-0.2, -0.15) is 0 Å². The lowest BCUT2D eigenvalue weighted by molar-refractivity contribution is 0.145. The van der Waals surface area contributed by atoms with E-state index in [4.69, 9.17) is 0 Å². The summed E-state index contributed by atoms with van der Waals surface area (Å²) >= 11 is 0. The molecule has 16 heavy (non-hydrogen) atoms. The van der Waals surface area contributed by atoms with Crippen molar-refractivity contribution in [1.29, 1.82) is 0 Å². The van der Waals surface area contributed by atoms with Crippen molar-refractivity contribution in [2.75, 3.05) is 0 Å². The van der Waals surface area contributed by atoms with E-state index < -0.39 is 12.1 Å². The van der Waals surface area contributed by atoms with Crippen LogP contribution in [0.3, 0.4) is 0 Å². The second-order valence-electron chi connectivity index (χ2n) is 4.26. The van der Waals surface area contributed by atoms with Crippen LogP contribution in [-0.4, -0.2) is 9.55 Å². The number of rotatable bonds is 3. The molecule has 0 spiro atoms. The molecule has 1 aliphatic carbocycles. The summed E-state index contributed by atoms with van der Waals surface area (Å²) in [6.07, 6.45) is 3.19. The summed E-state index contributed by atoms with van der Waals surface area (Å²) < 4.78 is 26.0. The first-order valence-corrected chi connectivity index (χ1v) is 5.51. The molecule has 0 atom stereocenters. The Morgan fingerprint density at radius 2 is 2.12 bits per heavy atom. The third-order valence-electron chi connectivity index (χ3n) is 3.05. The van der Waals surface area contributed by atoms with E-state index >= 15 is 0 Å². The van der Waals surface area contributed by atoms with Crippen molar-refractivity contribution in [3.8, 4) is 0 Å². The third-order valence-corrected chi connectivity index (χ3v) is 3.05. The van der Waals surface area contributed by atoms with E-state index in [9.17, 15) is 13.6 Å². The minimum Gasteiger partial charge on any atom is -0.299 e. The predicted molar refractivity (Wildman–Crippen MR) is 55.4 cm³/mol. The van der Waals surface area contributed by atoms with Gasteiger partial charge in [-0.1, -0.05) is 12.8 Å². The average molecular weight is 228 g/mol. The fourth-order valence-corrected chi connectivity index (χ4v) is 2.17. The van der Waals surface area contributed by atoms with Crippen LogP contribution in [0.4, 0.5) is 8.78 Å². The highest BCUT2D eigenvalue weighted by Crippen LogP contribution is 2.25. The molecule has 0 aromatic carbocycles. The molecule has 2 rings (SSSR count). The van der Waals surface area contributed by atoms with Crippen molar-refractivity contribution in [1.82, 2.24) is 9.55 Å². The maximum atomic E-state index is 12.3. The first-order chi connectivity index (χ1) is 7.66. The van der Waals surface area contributed by atoms with Crippen molar-refractivity contribution in [2.45, 2.75) is 38.7 Å². The maximum Gasteiger partial charge on any atom is 0.280 e. The Morgan fingerprint density at radius 1 is 1.44 bits per heavy atom. The van der Waals surface area contributed by atoms with Crippen LogP contribution in [0.2, 0.25) is 0 Å². The first-order valence-electron chi connectivity index (χ1n) is 5.51. The Balaban J connectivity index is 2.13. The molecule has 1 aliphatic rings. The molecule has 1 aromatic heterocycles. The number of alkyl halides is 2. The van der Waals surface area contributed by atoms with Crippen molar-refractivity contribution in [2.24, 2.45) is 5.92 Å². The SMILES string of the molecule is O=c1cc(C(F)F)ncn1CC1CCCC1. The lowest BCUT2D eigenvalue weighted by Gasteiger charge is -2.11. The highest BCUT2D eigenvalue weighted by molar-refractivity contribution is 5.00. The number of halogens is 2. The van der Waals surface area contributed by atoms with Gasteiger partial charge in [0.15, 0.2) is 0 Å². The highest BCUT2D eigenvalue weighted by atomic mass is 19.3. The van der Waals surface area contributed by atoms with Crippen molar-refractivity contribution >= 4 is 0 Å². The van der Waals surface area contributed by atoms with Crippen molar-refractivity contribution < 1.29 is 8.78 Å². The van der Waals surface area contributed by atoms with Gasteiger partial charge in [-0.05, 0) is 18.8 Å². The summed E-state index contributed by atoms with van der Waals surface area (Å²) in [5.74, 6) is 0.497. The second kappa shape index (κ2) is 4.72. The fourth-order valence-electron chi connectivity index (χ4n) is 2.17. The monoisotopic (exact) mass is 228 g/mol. The zero-order chi connectivity index (χ0) is 11.5. The maximum absolute atomic E-state index is 12.3. The summed E-state index contributed by atoms with van der Waals surface area (Å²) in [5.41, 5.74) is -0.815. The molecule has 0 radical (unpaired) electrons. The second-order valence-corrected chi connectivity index (χ2v) is 4.26. The molecule has 1 saturated carbocycles. The Bertz CT molecular complexity index is 411.